The summed E-state index contributed by atoms with van der Waals surface area (Å²) in [4.78, 5) is 41.3. The molecule has 10 heteroatoms. The number of benzene rings is 1. The number of hydroxylamine groups is 2. The van der Waals surface area contributed by atoms with Crippen LogP contribution in [-0.4, -0.2) is 46.6 Å². The van der Waals surface area contributed by atoms with E-state index in [1.165, 1.54) is 0 Å². The first-order valence-electron chi connectivity index (χ1n) is 10.4. The number of guanidine groups is 1. The maximum Gasteiger partial charge on any atom is 0.303 e. The lowest BCUT2D eigenvalue weighted by atomic mass is 10.1. The molecule has 1 aromatic rings. The van der Waals surface area contributed by atoms with Crippen LogP contribution in [0.5, 0.6) is 0 Å². The molecule has 1 rings (SSSR count). The van der Waals surface area contributed by atoms with Gasteiger partial charge in [-0.3, -0.25) is 24.6 Å². The highest BCUT2D eigenvalue weighted by molar-refractivity contribution is 5.90. The van der Waals surface area contributed by atoms with Gasteiger partial charge in [0, 0.05) is 19.4 Å². The second-order valence-electron chi connectivity index (χ2n) is 7.04. The Morgan fingerprint density at radius 3 is 2.45 bits per heavy atom. The molecule has 0 radical (unpaired) electrons. The van der Waals surface area contributed by atoms with E-state index < -0.39 is 24.0 Å². The summed E-state index contributed by atoms with van der Waals surface area (Å²) < 4.78 is 0. The van der Waals surface area contributed by atoms with Crippen LogP contribution in [0, 0.1) is 5.41 Å². The van der Waals surface area contributed by atoms with Crippen molar-refractivity contribution in [2.75, 3.05) is 6.54 Å². The molecule has 10 nitrogen and oxygen atoms in total. The van der Waals surface area contributed by atoms with Gasteiger partial charge in [-0.2, -0.15) is 5.06 Å². The molecule has 0 fully saturated rings. The van der Waals surface area contributed by atoms with Gasteiger partial charge in [0.15, 0.2) is 0 Å². The van der Waals surface area contributed by atoms with Crippen molar-refractivity contribution in [2.45, 2.75) is 64.6 Å². The molecule has 2 amide bonds. The monoisotopic (exact) mass is 435 g/mol. The standard InChI is InChI=1S/C21H33N5O5/c1-2-3-4-8-12-17(27)25-19(20(30)24-14-9-13-18(28)29)26(21(22)23)31-15-16-10-6-5-7-11-16/h5-7,10-11,19H,2-4,8-9,12-15H2,1H3,(H3,22,23)(H,24,30)(H,25,27)(H,28,29). The van der Waals surface area contributed by atoms with E-state index >= 15 is 0 Å². The van der Waals surface area contributed by atoms with Crippen molar-refractivity contribution < 1.29 is 24.3 Å². The number of carboxylic acids is 1. The molecule has 6 N–H and O–H groups in total. The van der Waals surface area contributed by atoms with Crippen LogP contribution in [0.3, 0.4) is 0 Å². The van der Waals surface area contributed by atoms with Crippen LogP contribution in [0.15, 0.2) is 30.3 Å². The van der Waals surface area contributed by atoms with Crippen molar-refractivity contribution in [1.29, 1.82) is 5.41 Å². The molecular formula is C21H33N5O5. The molecule has 1 unspecified atom stereocenters. The summed E-state index contributed by atoms with van der Waals surface area (Å²) in [7, 11) is 0. The third-order valence-electron chi connectivity index (χ3n) is 4.36. The summed E-state index contributed by atoms with van der Waals surface area (Å²) in [5.74, 6) is -2.53. The zero-order valence-corrected chi connectivity index (χ0v) is 17.9. The summed E-state index contributed by atoms with van der Waals surface area (Å²) >= 11 is 0. The highest BCUT2D eigenvalue weighted by atomic mass is 16.7. The normalized spacial score (nSPS) is 11.4. The first-order chi connectivity index (χ1) is 14.8. The second-order valence-corrected chi connectivity index (χ2v) is 7.04. The van der Waals surface area contributed by atoms with Gasteiger partial charge < -0.3 is 21.5 Å². The number of carbonyl (C=O) groups is 3. The van der Waals surface area contributed by atoms with Gasteiger partial charge in [0.25, 0.3) is 5.91 Å². The molecule has 0 aromatic heterocycles. The van der Waals surface area contributed by atoms with Crippen LogP contribution in [0.2, 0.25) is 0 Å². The lowest BCUT2D eigenvalue weighted by Crippen LogP contribution is -2.59. The van der Waals surface area contributed by atoms with Gasteiger partial charge in [0.05, 0.1) is 0 Å². The van der Waals surface area contributed by atoms with Crippen LogP contribution in [-0.2, 0) is 25.8 Å². The molecule has 172 valence electrons. The maximum atomic E-state index is 12.7. The smallest absolute Gasteiger partial charge is 0.303 e. The summed E-state index contributed by atoms with van der Waals surface area (Å²) in [6, 6.07) is 9.11. The number of unbranched alkanes of at least 4 members (excludes halogenated alkanes) is 3. The number of nitrogens with two attached hydrogens (primary N) is 1. The molecule has 0 aliphatic rings. The molecule has 0 aliphatic carbocycles. The molecule has 0 saturated heterocycles. The average Bonchev–Trinajstić information content (AvgIpc) is 2.74. The number of carboxylic acid groups (broad SMARTS) is 1. The number of nitrogens with one attached hydrogen (secondary N) is 3. The highest BCUT2D eigenvalue weighted by Gasteiger charge is 2.30. The zero-order valence-electron chi connectivity index (χ0n) is 17.9. The lowest BCUT2D eigenvalue weighted by molar-refractivity contribution is -0.167. The van der Waals surface area contributed by atoms with E-state index in [0.29, 0.717) is 6.42 Å². The highest BCUT2D eigenvalue weighted by Crippen LogP contribution is 2.07. The molecule has 0 heterocycles. The van der Waals surface area contributed by atoms with Crippen LogP contribution in [0.1, 0.15) is 57.4 Å². The Bertz CT molecular complexity index is 713. The number of nitrogens with zero attached hydrogens (tertiary/aromatic N) is 1. The maximum absolute atomic E-state index is 12.7. The third-order valence-corrected chi connectivity index (χ3v) is 4.36. The van der Waals surface area contributed by atoms with Crippen LogP contribution in [0.4, 0.5) is 0 Å². The van der Waals surface area contributed by atoms with Crippen molar-refractivity contribution in [1.82, 2.24) is 15.7 Å². The minimum atomic E-state index is -1.36. The van der Waals surface area contributed by atoms with E-state index in [4.69, 9.17) is 21.1 Å². The van der Waals surface area contributed by atoms with Gasteiger partial charge in [-0.1, -0.05) is 56.5 Å². The summed E-state index contributed by atoms with van der Waals surface area (Å²) in [5, 5.41) is 22.5. The quantitative estimate of drug-likeness (QED) is 0.0922. The number of hydrogen-bond donors (Lipinski definition) is 5. The molecule has 0 spiro atoms. The van der Waals surface area contributed by atoms with E-state index in [9.17, 15) is 14.4 Å². The van der Waals surface area contributed by atoms with Gasteiger partial charge in [0.1, 0.15) is 6.61 Å². The summed E-state index contributed by atoms with van der Waals surface area (Å²) in [5.41, 5.74) is 6.42. The first kappa shape index (κ1) is 25.9. The Morgan fingerprint density at radius 1 is 1.13 bits per heavy atom. The van der Waals surface area contributed by atoms with Crippen LogP contribution < -0.4 is 16.4 Å². The van der Waals surface area contributed by atoms with Gasteiger partial charge >= 0.3 is 5.97 Å². The van der Waals surface area contributed by atoms with E-state index in [-0.39, 0.29) is 38.3 Å². The predicted molar refractivity (Wildman–Crippen MR) is 116 cm³/mol. The van der Waals surface area contributed by atoms with Crippen molar-refractivity contribution >= 4 is 23.7 Å². The van der Waals surface area contributed by atoms with Gasteiger partial charge in [-0.25, -0.2) is 0 Å². The van der Waals surface area contributed by atoms with E-state index in [1.807, 2.05) is 30.3 Å². The fourth-order valence-corrected chi connectivity index (χ4v) is 2.72. The number of rotatable bonds is 15. The first-order valence-corrected chi connectivity index (χ1v) is 10.4. The fourth-order valence-electron chi connectivity index (χ4n) is 2.72. The number of carbonyl (C=O) groups excluding carboxylic acids is 2. The number of hydrogen-bond acceptors (Lipinski definition) is 5. The Labute approximate surface area is 182 Å². The third kappa shape index (κ3) is 11.0. The van der Waals surface area contributed by atoms with E-state index in [1.54, 1.807) is 0 Å². The minimum Gasteiger partial charge on any atom is -0.481 e. The summed E-state index contributed by atoms with van der Waals surface area (Å²) in [6.07, 6.45) is 2.63. The molecule has 31 heavy (non-hydrogen) atoms. The number of amides is 2. The molecule has 1 aromatic carbocycles. The molecular weight excluding hydrogens is 402 g/mol. The Kier molecular flexibility index (Phi) is 12.3. The number of aliphatic carboxylic acids is 1. The molecule has 0 aliphatic heterocycles. The molecule has 0 bridgehead atoms. The van der Waals surface area contributed by atoms with E-state index in [2.05, 4.69) is 17.6 Å². The van der Waals surface area contributed by atoms with E-state index in [0.717, 1.165) is 29.9 Å². The molecule has 1 atom stereocenters. The SMILES string of the molecule is CCCCCCC(=O)NC(C(=O)NCCCC(=O)O)N(OCc1ccccc1)C(=N)N. The Hall–Kier alpha value is -3.14. The zero-order chi connectivity index (χ0) is 23.1. The Morgan fingerprint density at radius 2 is 1.84 bits per heavy atom. The van der Waals surface area contributed by atoms with Crippen molar-refractivity contribution in [3.63, 3.8) is 0 Å². The lowest BCUT2D eigenvalue weighted by Gasteiger charge is -2.30. The minimum absolute atomic E-state index is 0.0373. The fraction of sp³-hybridized carbons (Fsp3) is 0.524. The van der Waals surface area contributed by atoms with Crippen molar-refractivity contribution in [3.8, 4) is 0 Å². The largest absolute Gasteiger partial charge is 0.481 e. The van der Waals surface area contributed by atoms with Gasteiger partial charge in [0.2, 0.25) is 18.0 Å². The molecule has 0 saturated carbocycles. The van der Waals surface area contributed by atoms with Gasteiger partial charge in [-0.05, 0) is 18.4 Å². The van der Waals surface area contributed by atoms with Gasteiger partial charge in [-0.15, -0.1) is 0 Å². The van der Waals surface area contributed by atoms with Crippen molar-refractivity contribution in [2.24, 2.45) is 5.73 Å². The summed E-state index contributed by atoms with van der Waals surface area (Å²) in [6.45, 7) is 2.20. The second kappa shape index (κ2) is 14.8. The van der Waals surface area contributed by atoms with Crippen LogP contribution >= 0.6 is 0 Å². The van der Waals surface area contributed by atoms with Crippen LogP contribution in [0.25, 0.3) is 0 Å². The topological polar surface area (TPSA) is 158 Å². The average molecular weight is 436 g/mol. The van der Waals surface area contributed by atoms with Crippen molar-refractivity contribution in [3.05, 3.63) is 35.9 Å². The predicted octanol–water partition coefficient (Wildman–Crippen LogP) is 1.71. The Balaban J connectivity index is 2.82.